The molecule has 0 saturated carbocycles. The Morgan fingerprint density at radius 1 is 1.56 bits per heavy atom. The fraction of sp³-hybridized carbons (Fsp3) is 1.00. The lowest BCUT2D eigenvalue weighted by Gasteiger charge is -2.00. The van der Waals surface area contributed by atoms with Gasteiger partial charge in [0.2, 0.25) is 0 Å². The van der Waals surface area contributed by atoms with Crippen molar-refractivity contribution in [2.24, 2.45) is 0 Å². The van der Waals surface area contributed by atoms with Crippen LogP contribution in [-0.4, -0.2) is 31.3 Å². The first-order valence-electron chi connectivity index (χ1n) is 2.78. The molecule has 9 heavy (non-hydrogen) atoms. The highest BCUT2D eigenvalue weighted by atomic mass is 32.2. The number of nitrogens with one attached hydrogen (secondary N) is 1. The van der Waals surface area contributed by atoms with Crippen molar-refractivity contribution in [3.05, 3.63) is 0 Å². The van der Waals surface area contributed by atoms with Crippen LogP contribution in [0.25, 0.3) is 0 Å². The lowest BCUT2D eigenvalue weighted by molar-refractivity contribution is 0.470. The van der Waals surface area contributed by atoms with Crippen molar-refractivity contribution in [3.8, 4) is 0 Å². The second-order valence-electron chi connectivity index (χ2n) is 2.13. The molecule has 0 aliphatic carbocycles. The summed E-state index contributed by atoms with van der Waals surface area (Å²) in [5, 5.41) is 2.27. The van der Waals surface area contributed by atoms with Crippen LogP contribution in [0.2, 0.25) is 0 Å². The maximum Gasteiger partial charge on any atom is 0.269 e. The van der Waals surface area contributed by atoms with Crippen molar-refractivity contribution in [2.45, 2.75) is 11.7 Å². The summed E-state index contributed by atoms with van der Waals surface area (Å²) in [6, 6.07) is 0. The lowest BCUT2D eigenvalue weighted by atomic mass is 10.4. The average molecular weight is 151 g/mol. The predicted molar refractivity (Wildman–Crippen MR) is 32.8 cm³/mol. The minimum absolute atomic E-state index is 0.388. The number of hydrogen-bond acceptors (Lipinski definition) is 3. The zero-order valence-electron chi connectivity index (χ0n) is 4.87. The fourth-order valence-corrected chi connectivity index (χ4v) is 1.63. The van der Waals surface area contributed by atoms with Crippen molar-refractivity contribution in [3.63, 3.8) is 0 Å². The van der Waals surface area contributed by atoms with Crippen LogP contribution < -0.4 is 5.32 Å². The van der Waals surface area contributed by atoms with E-state index in [-0.39, 0.29) is 0 Å². The summed E-state index contributed by atoms with van der Waals surface area (Å²) in [5.74, 6) is 0. The molecule has 1 atom stereocenters. The molecular formula is C4H9NO3S. The van der Waals surface area contributed by atoms with E-state index in [4.69, 9.17) is 4.55 Å². The fourth-order valence-electron chi connectivity index (χ4n) is 0.882. The van der Waals surface area contributed by atoms with Crippen LogP contribution in [0.1, 0.15) is 6.42 Å². The monoisotopic (exact) mass is 151 g/mol. The van der Waals surface area contributed by atoms with E-state index in [1.807, 2.05) is 0 Å². The van der Waals surface area contributed by atoms with Crippen LogP contribution in [0.5, 0.6) is 0 Å². The van der Waals surface area contributed by atoms with Crippen LogP contribution in [0.15, 0.2) is 0 Å². The van der Waals surface area contributed by atoms with Gasteiger partial charge in [0, 0.05) is 6.54 Å². The molecule has 1 rings (SSSR count). The van der Waals surface area contributed by atoms with Gasteiger partial charge in [0.25, 0.3) is 10.1 Å². The molecule has 0 amide bonds. The van der Waals surface area contributed by atoms with Gasteiger partial charge < -0.3 is 5.32 Å². The average Bonchev–Trinajstić information content (AvgIpc) is 2.08. The van der Waals surface area contributed by atoms with E-state index in [0.29, 0.717) is 19.5 Å². The third-order valence-electron chi connectivity index (χ3n) is 1.44. The molecule has 1 aliphatic rings. The SMILES string of the molecule is O=S(=O)(O)[C@@H]1CCNC1. The van der Waals surface area contributed by atoms with Gasteiger partial charge in [-0.15, -0.1) is 0 Å². The van der Waals surface area contributed by atoms with Crippen molar-refractivity contribution in [2.75, 3.05) is 13.1 Å². The topological polar surface area (TPSA) is 66.4 Å². The first-order chi connectivity index (χ1) is 4.11. The molecular weight excluding hydrogens is 142 g/mol. The van der Waals surface area contributed by atoms with Crippen molar-refractivity contribution in [1.29, 1.82) is 0 Å². The molecule has 0 aromatic heterocycles. The Bertz CT molecular complexity index is 180. The maximum absolute atomic E-state index is 10.3. The molecule has 0 bridgehead atoms. The summed E-state index contributed by atoms with van der Waals surface area (Å²) in [6.45, 7) is 1.07. The van der Waals surface area contributed by atoms with Gasteiger partial charge in [-0.3, -0.25) is 4.55 Å². The second-order valence-corrected chi connectivity index (χ2v) is 3.83. The molecule has 0 aromatic carbocycles. The molecule has 4 nitrogen and oxygen atoms in total. The standard InChI is InChI=1S/C4H9NO3S/c6-9(7,8)4-1-2-5-3-4/h4-5H,1-3H2,(H,6,7,8)/t4-/m1/s1. The van der Waals surface area contributed by atoms with Gasteiger partial charge in [0.05, 0.1) is 0 Å². The van der Waals surface area contributed by atoms with E-state index in [9.17, 15) is 8.42 Å². The molecule has 5 heteroatoms. The Morgan fingerprint density at radius 2 is 2.22 bits per heavy atom. The number of rotatable bonds is 1. The molecule has 1 fully saturated rings. The van der Waals surface area contributed by atoms with Crippen LogP contribution in [-0.2, 0) is 10.1 Å². The Kier molecular flexibility index (Phi) is 1.74. The second kappa shape index (κ2) is 2.24. The van der Waals surface area contributed by atoms with Crippen molar-refractivity contribution in [1.82, 2.24) is 5.32 Å². The highest BCUT2D eigenvalue weighted by molar-refractivity contribution is 7.86. The zero-order valence-corrected chi connectivity index (χ0v) is 5.69. The van der Waals surface area contributed by atoms with Crippen LogP contribution in [0.3, 0.4) is 0 Å². The first kappa shape index (κ1) is 6.98. The molecule has 0 spiro atoms. The lowest BCUT2D eigenvalue weighted by Crippen LogP contribution is -2.22. The largest absolute Gasteiger partial charge is 0.315 e. The Balaban J connectivity index is 2.63. The third-order valence-corrected chi connectivity index (χ3v) is 2.68. The molecule has 2 N–H and O–H groups in total. The summed E-state index contributed by atoms with van der Waals surface area (Å²) >= 11 is 0. The molecule has 0 aromatic rings. The summed E-state index contributed by atoms with van der Waals surface area (Å²) in [7, 11) is -3.77. The third kappa shape index (κ3) is 1.64. The van der Waals surface area contributed by atoms with Gasteiger partial charge in [-0.25, -0.2) is 0 Å². The van der Waals surface area contributed by atoms with E-state index in [2.05, 4.69) is 5.32 Å². The van der Waals surface area contributed by atoms with Gasteiger partial charge in [-0.05, 0) is 13.0 Å². The van der Waals surface area contributed by atoms with Gasteiger partial charge in [-0.2, -0.15) is 8.42 Å². The summed E-state index contributed by atoms with van der Waals surface area (Å²) < 4.78 is 29.1. The quantitative estimate of drug-likeness (QED) is 0.483. The minimum atomic E-state index is -3.77. The summed E-state index contributed by atoms with van der Waals surface area (Å²) in [6.07, 6.45) is 0.527. The smallest absolute Gasteiger partial charge is 0.269 e. The van der Waals surface area contributed by atoms with Crippen molar-refractivity contribution < 1.29 is 13.0 Å². The normalized spacial score (nSPS) is 28.8. The molecule has 0 radical (unpaired) electrons. The van der Waals surface area contributed by atoms with E-state index < -0.39 is 15.4 Å². The van der Waals surface area contributed by atoms with Crippen LogP contribution in [0, 0.1) is 0 Å². The van der Waals surface area contributed by atoms with E-state index in [0.717, 1.165) is 0 Å². The highest BCUT2D eigenvalue weighted by Crippen LogP contribution is 2.06. The first-order valence-corrected chi connectivity index (χ1v) is 4.28. The molecule has 0 unspecified atom stereocenters. The van der Waals surface area contributed by atoms with Gasteiger partial charge in [0.1, 0.15) is 5.25 Å². The molecule has 1 saturated heterocycles. The van der Waals surface area contributed by atoms with Crippen molar-refractivity contribution >= 4 is 10.1 Å². The van der Waals surface area contributed by atoms with E-state index in [1.54, 1.807) is 0 Å². The minimum Gasteiger partial charge on any atom is -0.315 e. The van der Waals surface area contributed by atoms with E-state index >= 15 is 0 Å². The molecule has 1 heterocycles. The van der Waals surface area contributed by atoms with Gasteiger partial charge in [0.15, 0.2) is 0 Å². The van der Waals surface area contributed by atoms with Crippen LogP contribution in [0.4, 0.5) is 0 Å². The highest BCUT2D eigenvalue weighted by Gasteiger charge is 2.25. The van der Waals surface area contributed by atoms with Gasteiger partial charge in [-0.1, -0.05) is 0 Å². The Morgan fingerprint density at radius 3 is 2.44 bits per heavy atom. The van der Waals surface area contributed by atoms with Crippen LogP contribution >= 0.6 is 0 Å². The molecule has 1 aliphatic heterocycles. The van der Waals surface area contributed by atoms with Gasteiger partial charge >= 0.3 is 0 Å². The van der Waals surface area contributed by atoms with E-state index in [1.165, 1.54) is 0 Å². The summed E-state index contributed by atoms with van der Waals surface area (Å²) in [4.78, 5) is 0. The predicted octanol–water partition coefficient (Wildman–Crippen LogP) is -0.764. The number of hydrogen-bond donors (Lipinski definition) is 2. The maximum atomic E-state index is 10.3. The molecule has 54 valence electrons. The Hall–Kier alpha value is -0.130. The zero-order chi connectivity index (χ0) is 6.91. The Labute approximate surface area is 54.0 Å². The summed E-state index contributed by atoms with van der Waals surface area (Å²) in [5.41, 5.74) is 0.